The second-order valence-corrected chi connectivity index (χ2v) is 19.3. The first-order valence-corrected chi connectivity index (χ1v) is 18.3. The number of rotatable bonds is 11. The minimum atomic E-state index is -3.80. The molecule has 0 saturated carbocycles. The molecule has 0 aliphatic rings. The number of nitrogens with zero attached hydrogens (tertiary/aromatic N) is 2. The highest BCUT2D eigenvalue weighted by Crippen LogP contribution is 2.50. The highest BCUT2D eigenvalue weighted by atomic mass is 32.2. The zero-order valence-corrected chi connectivity index (χ0v) is 28.4. The third kappa shape index (κ3) is 5.35. The zero-order chi connectivity index (χ0) is 32.0. The molecular weight excluding hydrogens is 587 g/mol. The van der Waals surface area contributed by atoms with Gasteiger partial charge in [0.05, 0.1) is 49.0 Å². The standard InChI is InChI=1S/C31H43N3O7SSi/c1-18(2)43(19(3)4,20(5)6)41-29-26-25(28(33(7)42(10,37)38)23-12-11-15-32-27(23)29)30(35)34(31(26)36)17-21-13-14-22(39-8)16-24(21)40-9/h11-16,18-20,32,36H,17H2,1-10H3. The number of benzene rings is 2. The van der Waals surface area contributed by atoms with Crippen LogP contribution in [0.25, 0.3) is 21.7 Å². The molecule has 0 amide bonds. The Labute approximate surface area is 254 Å². The molecule has 0 bridgehead atoms. The number of methoxy groups -OCH3 is 2. The molecule has 10 nitrogen and oxygen atoms in total. The van der Waals surface area contributed by atoms with Gasteiger partial charge in [-0.2, -0.15) is 0 Å². The quantitative estimate of drug-likeness (QED) is 0.189. The summed E-state index contributed by atoms with van der Waals surface area (Å²) in [6, 6.07) is 8.73. The van der Waals surface area contributed by atoms with Crippen LogP contribution in [0.2, 0.25) is 16.6 Å². The van der Waals surface area contributed by atoms with Gasteiger partial charge in [-0.05, 0) is 40.9 Å². The van der Waals surface area contributed by atoms with E-state index in [-0.39, 0.29) is 45.5 Å². The van der Waals surface area contributed by atoms with Crippen LogP contribution in [-0.4, -0.2) is 58.9 Å². The van der Waals surface area contributed by atoms with Crippen LogP contribution in [0, 0.1) is 0 Å². The molecule has 12 heteroatoms. The highest BCUT2D eigenvalue weighted by molar-refractivity contribution is 7.92. The Kier molecular flexibility index (Phi) is 8.86. The van der Waals surface area contributed by atoms with E-state index in [0.717, 1.165) is 10.6 Å². The summed E-state index contributed by atoms with van der Waals surface area (Å²) in [7, 11) is -1.95. The fourth-order valence-electron chi connectivity index (χ4n) is 6.53. The number of hydrogen-bond donors (Lipinski definition) is 2. The lowest BCUT2D eigenvalue weighted by Crippen LogP contribution is -2.50. The summed E-state index contributed by atoms with van der Waals surface area (Å²) in [5.74, 6) is 1.10. The lowest BCUT2D eigenvalue weighted by Gasteiger charge is -2.42. The summed E-state index contributed by atoms with van der Waals surface area (Å²) in [5.41, 5.74) is 1.34. The van der Waals surface area contributed by atoms with Crippen molar-refractivity contribution in [3.8, 4) is 23.1 Å². The average Bonchev–Trinajstić information content (AvgIpc) is 3.19. The van der Waals surface area contributed by atoms with Crippen LogP contribution in [0.1, 0.15) is 47.1 Å². The molecule has 0 spiro atoms. The molecule has 2 aromatic heterocycles. The fraction of sp³-hybridized carbons (Fsp3) is 0.452. The van der Waals surface area contributed by atoms with E-state index < -0.39 is 23.9 Å². The Bertz CT molecular complexity index is 1810. The van der Waals surface area contributed by atoms with E-state index >= 15 is 0 Å². The lowest BCUT2D eigenvalue weighted by molar-refractivity contribution is 0.387. The van der Waals surface area contributed by atoms with Crippen molar-refractivity contribution in [2.75, 3.05) is 31.8 Å². The molecule has 0 fully saturated rings. The lowest BCUT2D eigenvalue weighted by atomic mass is 10.1. The molecule has 4 rings (SSSR count). The van der Waals surface area contributed by atoms with E-state index in [4.69, 9.17) is 13.9 Å². The largest absolute Gasteiger partial charge is 0.541 e. The summed E-state index contributed by atoms with van der Waals surface area (Å²) < 4.78 is 46.3. The van der Waals surface area contributed by atoms with Gasteiger partial charge in [0.2, 0.25) is 15.9 Å². The maximum Gasteiger partial charge on any atom is 0.264 e. The summed E-state index contributed by atoms with van der Waals surface area (Å²) in [4.78, 5) is 17.6. The second-order valence-electron chi connectivity index (χ2n) is 11.9. The van der Waals surface area contributed by atoms with E-state index in [1.807, 2.05) is 0 Å². The van der Waals surface area contributed by atoms with Gasteiger partial charge in [0.15, 0.2) is 0 Å². The molecule has 0 aliphatic carbocycles. The number of aromatic nitrogens is 2. The van der Waals surface area contributed by atoms with Gasteiger partial charge in [-0.1, -0.05) is 41.5 Å². The third-order valence-electron chi connectivity index (χ3n) is 8.61. The Morgan fingerprint density at radius 3 is 2.16 bits per heavy atom. The zero-order valence-electron chi connectivity index (χ0n) is 26.6. The molecule has 0 unspecified atom stereocenters. The number of H-pyrrole nitrogens is 1. The van der Waals surface area contributed by atoms with E-state index in [1.54, 1.807) is 43.6 Å². The third-order valence-corrected chi connectivity index (χ3v) is 15.8. The first-order chi connectivity index (χ1) is 20.1. The fourth-order valence-corrected chi connectivity index (χ4v) is 12.3. The van der Waals surface area contributed by atoms with E-state index in [9.17, 15) is 18.3 Å². The van der Waals surface area contributed by atoms with Gasteiger partial charge < -0.3 is 24.0 Å². The first-order valence-electron chi connectivity index (χ1n) is 14.3. The van der Waals surface area contributed by atoms with Crippen LogP contribution >= 0.6 is 0 Å². The van der Waals surface area contributed by atoms with Crippen molar-refractivity contribution in [1.29, 1.82) is 0 Å². The predicted molar refractivity (Wildman–Crippen MR) is 175 cm³/mol. The van der Waals surface area contributed by atoms with Gasteiger partial charge in [-0.15, -0.1) is 0 Å². The molecule has 43 heavy (non-hydrogen) atoms. The Morgan fingerprint density at radius 2 is 1.63 bits per heavy atom. The van der Waals surface area contributed by atoms with Crippen molar-refractivity contribution in [2.24, 2.45) is 0 Å². The van der Waals surface area contributed by atoms with Crippen molar-refractivity contribution >= 4 is 45.7 Å². The Hall–Kier alpha value is -3.64. The molecule has 234 valence electrons. The number of fused-ring (bicyclic) bond motifs is 2. The number of nitrogens with one attached hydrogen (secondary N) is 1. The van der Waals surface area contributed by atoms with Gasteiger partial charge >= 0.3 is 0 Å². The van der Waals surface area contributed by atoms with Crippen molar-refractivity contribution in [3.63, 3.8) is 0 Å². The minimum Gasteiger partial charge on any atom is -0.541 e. The number of anilines is 1. The average molecular weight is 630 g/mol. The number of sulfonamides is 1. The molecule has 0 atom stereocenters. The van der Waals surface area contributed by atoms with E-state index in [0.29, 0.717) is 33.7 Å². The van der Waals surface area contributed by atoms with Gasteiger partial charge in [0.25, 0.3) is 13.9 Å². The van der Waals surface area contributed by atoms with Crippen LogP contribution in [0.15, 0.2) is 41.3 Å². The monoisotopic (exact) mass is 629 g/mol. The summed E-state index contributed by atoms with van der Waals surface area (Å²) in [6.45, 7) is 12.9. The van der Waals surface area contributed by atoms with Gasteiger partial charge in [-0.3, -0.25) is 13.7 Å². The molecule has 2 aromatic carbocycles. The molecule has 4 aromatic rings. The first kappa shape index (κ1) is 32.3. The van der Waals surface area contributed by atoms with E-state index in [1.165, 1.54) is 18.7 Å². The van der Waals surface area contributed by atoms with Crippen LogP contribution < -0.4 is 23.8 Å². The summed E-state index contributed by atoms with van der Waals surface area (Å²) in [6.07, 6.45) is 2.81. The molecule has 0 aliphatic heterocycles. The number of aromatic amines is 1. The maximum atomic E-state index is 14.4. The minimum absolute atomic E-state index is 0.0326. The Balaban J connectivity index is 2.19. The van der Waals surface area contributed by atoms with Crippen molar-refractivity contribution in [1.82, 2.24) is 9.55 Å². The molecular formula is C31H43N3O7SSi. The Morgan fingerprint density at radius 1 is 1.00 bits per heavy atom. The van der Waals surface area contributed by atoms with Gasteiger partial charge in [-0.25, -0.2) is 8.42 Å². The van der Waals surface area contributed by atoms with Crippen LogP contribution in [0.3, 0.4) is 0 Å². The molecule has 2 heterocycles. The number of aromatic hydroxyl groups is 1. The summed E-state index contributed by atoms with van der Waals surface area (Å²) >= 11 is 0. The smallest absolute Gasteiger partial charge is 0.264 e. The highest BCUT2D eigenvalue weighted by Gasteiger charge is 2.48. The number of ether oxygens (including phenoxy) is 2. The van der Waals surface area contributed by atoms with Crippen LogP contribution in [0.5, 0.6) is 23.1 Å². The summed E-state index contributed by atoms with van der Waals surface area (Å²) in [5, 5.41) is 12.6. The number of pyridine rings is 1. The molecule has 0 saturated heterocycles. The van der Waals surface area contributed by atoms with Gasteiger partial charge in [0, 0.05) is 30.3 Å². The normalized spacial score (nSPS) is 12.6. The van der Waals surface area contributed by atoms with Crippen molar-refractivity contribution < 1.29 is 27.4 Å². The van der Waals surface area contributed by atoms with Crippen molar-refractivity contribution in [3.05, 3.63) is 52.4 Å². The van der Waals surface area contributed by atoms with Crippen molar-refractivity contribution in [2.45, 2.75) is 64.7 Å². The van der Waals surface area contributed by atoms with Crippen LogP contribution in [0.4, 0.5) is 5.69 Å². The second kappa shape index (κ2) is 11.8. The molecule has 2 N–H and O–H groups in total. The van der Waals surface area contributed by atoms with E-state index in [2.05, 4.69) is 46.5 Å². The topological polar surface area (TPSA) is 123 Å². The maximum absolute atomic E-state index is 14.4. The molecule has 0 radical (unpaired) electrons. The van der Waals surface area contributed by atoms with Crippen LogP contribution in [-0.2, 0) is 16.6 Å². The predicted octanol–water partition coefficient (Wildman–Crippen LogP) is 6.20. The van der Waals surface area contributed by atoms with Gasteiger partial charge in [0.1, 0.15) is 17.2 Å². The SMILES string of the molecule is COc1ccc(Cn2c(O)c3c(O[Si](C(C)C)(C(C)C)C(C)C)c4[nH]cccc4c(N(C)S(C)(=O)=O)c3c2=O)c(OC)c1. The number of hydrogen-bond acceptors (Lipinski definition) is 7.